The number of alkyl halides is 2. The van der Waals surface area contributed by atoms with E-state index in [0.717, 1.165) is 38.6 Å². The third-order valence-electron chi connectivity index (χ3n) is 6.18. The smallest absolute Gasteiger partial charge is 0.0505 e. The van der Waals surface area contributed by atoms with Gasteiger partial charge in [-0.25, -0.2) is 0 Å². The zero-order valence-electron chi connectivity index (χ0n) is 17.7. The van der Waals surface area contributed by atoms with Gasteiger partial charge in [0.05, 0.1) is 5.38 Å². The molecule has 0 amide bonds. The first-order valence-electron chi connectivity index (χ1n) is 11.3. The normalized spacial score (nSPS) is 22.1. The first kappa shape index (κ1) is 22.7. The van der Waals surface area contributed by atoms with Gasteiger partial charge < -0.3 is 4.90 Å². The minimum absolute atomic E-state index is 0.107. The van der Waals surface area contributed by atoms with Gasteiger partial charge in [-0.1, -0.05) is 61.5 Å². The van der Waals surface area contributed by atoms with Crippen molar-refractivity contribution in [2.75, 3.05) is 19.6 Å². The van der Waals surface area contributed by atoms with Crippen LogP contribution in [0.15, 0.2) is 54.6 Å². The molecular formula is C26H35Cl2N. The van der Waals surface area contributed by atoms with E-state index in [-0.39, 0.29) is 10.8 Å². The number of nitrogens with zero attached hydrogens (tertiary/aromatic N) is 1. The van der Waals surface area contributed by atoms with Crippen LogP contribution in [-0.2, 0) is 12.8 Å². The van der Waals surface area contributed by atoms with Crippen LogP contribution in [0, 0.1) is 0 Å². The Morgan fingerprint density at radius 3 is 2.21 bits per heavy atom. The zero-order valence-corrected chi connectivity index (χ0v) is 19.2. The Kier molecular flexibility index (Phi) is 9.36. The fourth-order valence-electron chi connectivity index (χ4n) is 4.43. The number of hydrogen-bond acceptors (Lipinski definition) is 1. The highest BCUT2D eigenvalue weighted by atomic mass is 35.5. The molecule has 0 N–H and O–H groups in total. The van der Waals surface area contributed by atoms with Gasteiger partial charge in [-0.3, -0.25) is 0 Å². The fourth-order valence-corrected chi connectivity index (χ4v) is 5.00. The second-order valence-electron chi connectivity index (χ2n) is 8.46. The van der Waals surface area contributed by atoms with Crippen molar-refractivity contribution in [2.24, 2.45) is 0 Å². The predicted molar refractivity (Wildman–Crippen MR) is 128 cm³/mol. The maximum atomic E-state index is 6.39. The van der Waals surface area contributed by atoms with E-state index >= 15 is 0 Å². The number of benzene rings is 2. The molecule has 1 fully saturated rings. The predicted octanol–water partition coefficient (Wildman–Crippen LogP) is 7.06. The molecule has 1 aliphatic rings. The summed E-state index contributed by atoms with van der Waals surface area (Å²) in [5.41, 5.74) is 4.31. The van der Waals surface area contributed by atoms with Crippen molar-refractivity contribution in [3.05, 3.63) is 71.3 Å². The molecule has 0 aromatic heterocycles. The minimum Gasteiger partial charge on any atom is -0.303 e. The standard InChI is InChI=1S/C26H35Cl2N/c1-2-17-29(19-16-21-7-4-3-5-8-21)18-6-9-22-10-12-23(13-11-22)24-14-15-25(27)26(28)20-24/h3-5,7-8,10-13,24-26H,2,6,9,14-20H2,1H3. The maximum absolute atomic E-state index is 6.39. The first-order valence-corrected chi connectivity index (χ1v) is 12.2. The molecule has 1 nitrogen and oxygen atoms in total. The molecule has 0 spiro atoms. The number of rotatable bonds is 10. The van der Waals surface area contributed by atoms with Crippen molar-refractivity contribution in [2.45, 2.75) is 68.5 Å². The monoisotopic (exact) mass is 431 g/mol. The summed E-state index contributed by atoms with van der Waals surface area (Å²) in [7, 11) is 0. The summed E-state index contributed by atoms with van der Waals surface area (Å²) in [5.74, 6) is 0.569. The Morgan fingerprint density at radius 2 is 1.52 bits per heavy atom. The molecule has 3 atom stereocenters. The molecule has 3 rings (SSSR count). The van der Waals surface area contributed by atoms with Crippen molar-refractivity contribution >= 4 is 23.2 Å². The first-order chi connectivity index (χ1) is 14.2. The number of hydrogen-bond donors (Lipinski definition) is 0. The fraction of sp³-hybridized carbons (Fsp3) is 0.538. The number of halogens is 2. The molecule has 1 saturated carbocycles. The van der Waals surface area contributed by atoms with E-state index in [9.17, 15) is 0 Å². The molecular weight excluding hydrogens is 397 g/mol. The molecule has 0 aliphatic heterocycles. The van der Waals surface area contributed by atoms with Crippen LogP contribution in [0.25, 0.3) is 0 Å². The lowest BCUT2D eigenvalue weighted by molar-refractivity contribution is 0.274. The van der Waals surface area contributed by atoms with Crippen molar-refractivity contribution in [3.63, 3.8) is 0 Å². The zero-order chi connectivity index (χ0) is 20.5. The van der Waals surface area contributed by atoms with Crippen LogP contribution in [0.2, 0.25) is 0 Å². The van der Waals surface area contributed by atoms with Crippen LogP contribution in [0.4, 0.5) is 0 Å². The van der Waals surface area contributed by atoms with Gasteiger partial charge >= 0.3 is 0 Å². The molecule has 0 bridgehead atoms. The summed E-state index contributed by atoms with van der Waals surface area (Å²) in [5, 5.41) is 0.246. The van der Waals surface area contributed by atoms with E-state index in [0.29, 0.717) is 5.92 Å². The molecule has 2 aromatic carbocycles. The lowest BCUT2D eigenvalue weighted by Gasteiger charge is -2.29. The van der Waals surface area contributed by atoms with Gasteiger partial charge in [0.15, 0.2) is 0 Å². The molecule has 3 unspecified atom stereocenters. The van der Waals surface area contributed by atoms with E-state index in [1.165, 1.54) is 42.6 Å². The Labute approximate surface area is 187 Å². The van der Waals surface area contributed by atoms with Crippen LogP contribution in [0.5, 0.6) is 0 Å². The van der Waals surface area contributed by atoms with Crippen molar-refractivity contribution < 1.29 is 0 Å². The lowest BCUT2D eigenvalue weighted by atomic mass is 9.83. The van der Waals surface area contributed by atoms with E-state index in [1.807, 2.05) is 0 Å². The van der Waals surface area contributed by atoms with Crippen molar-refractivity contribution in [1.82, 2.24) is 4.90 Å². The number of aryl methyl sites for hydroxylation is 1. The van der Waals surface area contributed by atoms with Crippen LogP contribution >= 0.6 is 23.2 Å². The molecule has 3 heteroatoms. The quantitative estimate of drug-likeness (QED) is 0.364. The van der Waals surface area contributed by atoms with Gasteiger partial charge in [-0.05, 0) is 80.6 Å². The largest absolute Gasteiger partial charge is 0.303 e. The van der Waals surface area contributed by atoms with Gasteiger partial charge in [0.2, 0.25) is 0 Å². The molecule has 0 radical (unpaired) electrons. The highest BCUT2D eigenvalue weighted by Crippen LogP contribution is 2.37. The van der Waals surface area contributed by atoms with Crippen molar-refractivity contribution in [3.8, 4) is 0 Å². The van der Waals surface area contributed by atoms with Crippen LogP contribution in [0.3, 0.4) is 0 Å². The van der Waals surface area contributed by atoms with E-state index in [2.05, 4.69) is 66.4 Å². The van der Waals surface area contributed by atoms with Crippen molar-refractivity contribution in [1.29, 1.82) is 0 Å². The molecule has 29 heavy (non-hydrogen) atoms. The van der Waals surface area contributed by atoms with Crippen LogP contribution in [0.1, 0.15) is 61.6 Å². The van der Waals surface area contributed by atoms with Gasteiger partial charge in [0, 0.05) is 11.9 Å². The molecule has 2 aromatic rings. The second kappa shape index (κ2) is 12.0. The maximum Gasteiger partial charge on any atom is 0.0505 e. The van der Waals surface area contributed by atoms with Gasteiger partial charge in [0.25, 0.3) is 0 Å². The van der Waals surface area contributed by atoms with E-state index in [4.69, 9.17) is 23.2 Å². The second-order valence-corrected chi connectivity index (χ2v) is 9.59. The summed E-state index contributed by atoms with van der Waals surface area (Å²) in [6.07, 6.45) is 7.91. The summed E-state index contributed by atoms with van der Waals surface area (Å²) in [6.45, 7) is 5.79. The van der Waals surface area contributed by atoms with Gasteiger partial charge in [-0.2, -0.15) is 0 Å². The highest BCUT2D eigenvalue weighted by molar-refractivity contribution is 6.30. The highest BCUT2D eigenvalue weighted by Gasteiger charge is 2.28. The Hall–Kier alpha value is -1.02. The average molecular weight is 432 g/mol. The van der Waals surface area contributed by atoms with E-state index < -0.39 is 0 Å². The SMILES string of the molecule is CCCN(CCCc1ccc(C2CCC(Cl)C(Cl)C2)cc1)CCc1ccccc1. The van der Waals surface area contributed by atoms with Gasteiger partial charge in [0.1, 0.15) is 0 Å². The molecule has 1 aliphatic carbocycles. The van der Waals surface area contributed by atoms with Gasteiger partial charge in [-0.15, -0.1) is 23.2 Å². The average Bonchev–Trinajstić information content (AvgIpc) is 2.75. The Morgan fingerprint density at radius 1 is 0.793 bits per heavy atom. The lowest BCUT2D eigenvalue weighted by Crippen LogP contribution is -2.28. The topological polar surface area (TPSA) is 3.24 Å². The van der Waals surface area contributed by atoms with Crippen LogP contribution in [-0.4, -0.2) is 35.3 Å². The summed E-state index contributed by atoms with van der Waals surface area (Å²) < 4.78 is 0. The molecule has 0 heterocycles. The molecule has 0 saturated heterocycles. The summed E-state index contributed by atoms with van der Waals surface area (Å²) in [6, 6.07) is 20.1. The summed E-state index contributed by atoms with van der Waals surface area (Å²) in [4.78, 5) is 2.62. The Balaban J connectivity index is 1.43. The Bertz CT molecular complexity index is 700. The van der Waals surface area contributed by atoms with E-state index in [1.54, 1.807) is 0 Å². The third-order valence-corrected chi connectivity index (χ3v) is 7.32. The third kappa shape index (κ3) is 7.31. The minimum atomic E-state index is 0.107. The molecule has 158 valence electrons. The van der Waals surface area contributed by atoms with Crippen LogP contribution < -0.4 is 0 Å². The summed E-state index contributed by atoms with van der Waals surface area (Å²) >= 11 is 12.7.